The molecular weight excluding hydrogens is 284 g/mol. The van der Waals surface area contributed by atoms with E-state index in [1.54, 1.807) is 0 Å². The lowest BCUT2D eigenvalue weighted by Gasteiger charge is -2.16. The van der Waals surface area contributed by atoms with Gasteiger partial charge in [0.1, 0.15) is 0 Å². The monoisotopic (exact) mass is 302 g/mol. The highest BCUT2D eigenvalue weighted by Crippen LogP contribution is 2.18. The highest BCUT2D eigenvalue weighted by molar-refractivity contribution is 6.30. The Morgan fingerprint density at radius 1 is 1.24 bits per heavy atom. The Morgan fingerprint density at radius 3 is 2.71 bits per heavy atom. The van der Waals surface area contributed by atoms with E-state index in [1.807, 2.05) is 55.5 Å². The Balaban J connectivity index is 2.14. The van der Waals surface area contributed by atoms with Crippen LogP contribution in [0.3, 0.4) is 0 Å². The van der Waals surface area contributed by atoms with Crippen LogP contribution >= 0.6 is 11.6 Å². The van der Waals surface area contributed by atoms with Crippen LogP contribution in [0.4, 0.5) is 0 Å². The van der Waals surface area contributed by atoms with Crippen molar-refractivity contribution in [2.75, 3.05) is 6.54 Å². The van der Waals surface area contributed by atoms with E-state index in [4.69, 9.17) is 17.3 Å². The molecule has 0 fully saturated rings. The largest absolute Gasteiger partial charge is 0.346 e. The van der Waals surface area contributed by atoms with Crippen molar-refractivity contribution in [2.45, 2.75) is 19.4 Å². The molecule has 1 atom stereocenters. The molecule has 0 aromatic heterocycles. The number of nitrogens with two attached hydrogens (primary N) is 1. The molecule has 2 aromatic carbocycles. The SMILES string of the molecule is C[C@H](NC(=O)c1ccccc1CCN)c1cccc(Cl)c1. The Hall–Kier alpha value is -1.84. The van der Waals surface area contributed by atoms with E-state index in [2.05, 4.69) is 5.32 Å². The normalized spacial score (nSPS) is 12.0. The minimum atomic E-state index is -0.109. The molecular formula is C17H19ClN2O. The standard InChI is InChI=1S/C17H19ClN2O/c1-12(14-6-4-7-15(18)11-14)20-17(21)16-8-3-2-5-13(16)9-10-19/h2-8,11-12H,9-10,19H2,1H3,(H,20,21)/t12-/m0/s1. The van der Waals surface area contributed by atoms with Crippen molar-refractivity contribution in [3.8, 4) is 0 Å². The first-order chi connectivity index (χ1) is 10.1. The van der Waals surface area contributed by atoms with Crippen LogP contribution in [0.2, 0.25) is 5.02 Å². The second kappa shape index (κ2) is 7.25. The predicted molar refractivity (Wildman–Crippen MR) is 86.5 cm³/mol. The van der Waals surface area contributed by atoms with Gasteiger partial charge >= 0.3 is 0 Å². The van der Waals surface area contributed by atoms with Crippen molar-refractivity contribution in [2.24, 2.45) is 5.73 Å². The summed E-state index contributed by atoms with van der Waals surface area (Å²) in [6.07, 6.45) is 0.690. The van der Waals surface area contributed by atoms with Gasteiger partial charge in [0.2, 0.25) is 0 Å². The fraction of sp³-hybridized carbons (Fsp3) is 0.235. The number of amides is 1. The minimum Gasteiger partial charge on any atom is -0.346 e. The van der Waals surface area contributed by atoms with Crippen LogP contribution in [0.1, 0.15) is 34.5 Å². The second-order valence-electron chi connectivity index (χ2n) is 4.95. The predicted octanol–water partition coefficient (Wildman–Crippen LogP) is 3.33. The van der Waals surface area contributed by atoms with E-state index >= 15 is 0 Å². The number of rotatable bonds is 5. The van der Waals surface area contributed by atoms with Gasteiger partial charge in [0.25, 0.3) is 5.91 Å². The highest BCUT2D eigenvalue weighted by atomic mass is 35.5. The average molecular weight is 303 g/mol. The molecule has 0 aliphatic rings. The molecule has 2 aromatic rings. The molecule has 4 heteroatoms. The summed E-state index contributed by atoms with van der Waals surface area (Å²) >= 11 is 5.98. The summed E-state index contributed by atoms with van der Waals surface area (Å²) in [7, 11) is 0. The number of carbonyl (C=O) groups excluding carboxylic acids is 1. The van der Waals surface area contributed by atoms with Crippen molar-refractivity contribution in [1.82, 2.24) is 5.32 Å². The van der Waals surface area contributed by atoms with Gasteiger partial charge in [-0.15, -0.1) is 0 Å². The van der Waals surface area contributed by atoms with E-state index in [0.717, 1.165) is 11.1 Å². The van der Waals surface area contributed by atoms with Gasteiger partial charge in [-0.1, -0.05) is 41.9 Å². The molecule has 110 valence electrons. The van der Waals surface area contributed by atoms with Gasteiger partial charge in [-0.3, -0.25) is 4.79 Å². The maximum Gasteiger partial charge on any atom is 0.252 e. The zero-order valence-electron chi connectivity index (χ0n) is 12.0. The van der Waals surface area contributed by atoms with Crippen LogP contribution in [0.5, 0.6) is 0 Å². The van der Waals surface area contributed by atoms with Crippen molar-refractivity contribution in [3.05, 3.63) is 70.2 Å². The molecule has 3 nitrogen and oxygen atoms in total. The molecule has 0 heterocycles. The van der Waals surface area contributed by atoms with Gasteiger partial charge in [0.15, 0.2) is 0 Å². The molecule has 0 unspecified atom stereocenters. The molecule has 21 heavy (non-hydrogen) atoms. The number of nitrogens with one attached hydrogen (secondary N) is 1. The molecule has 0 radical (unpaired) electrons. The quantitative estimate of drug-likeness (QED) is 0.890. The number of halogens is 1. The van der Waals surface area contributed by atoms with Crippen molar-refractivity contribution < 1.29 is 4.79 Å². The third-order valence-corrected chi connectivity index (χ3v) is 3.61. The van der Waals surface area contributed by atoms with Crippen molar-refractivity contribution >= 4 is 17.5 Å². The Labute approximate surface area is 130 Å². The van der Waals surface area contributed by atoms with E-state index in [-0.39, 0.29) is 11.9 Å². The zero-order chi connectivity index (χ0) is 15.2. The molecule has 0 saturated heterocycles. The van der Waals surface area contributed by atoms with Crippen LogP contribution in [0.15, 0.2) is 48.5 Å². The van der Waals surface area contributed by atoms with E-state index in [1.165, 1.54) is 0 Å². The number of carbonyl (C=O) groups is 1. The first-order valence-electron chi connectivity index (χ1n) is 6.96. The number of hydrogen-bond acceptors (Lipinski definition) is 2. The minimum absolute atomic E-state index is 0.0912. The van der Waals surface area contributed by atoms with Gasteiger partial charge in [-0.05, 0) is 49.2 Å². The maximum atomic E-state index is 12.4. The summed E-state index contributed by atoms with van der Waals surface area (Å²) in [5, 5.41) is 3.66. The Morgan fingerprint density at radius 2 is 2.00 bits per heavy atom. The van der Waals surface area contributed by atoms with Crippen molar-refractivity contribution in [1.29, 1.82) is 0 Å². The van der Waals surface area contributed by atoms with E-state index in [9.17, 15) is 4.79 Å². The Bertz CT molecular complexity index is 628. The summed E-state index contributed by atoms with van der Waals surface area (Å²) in [5.41, 5.74) is 8.22. The lowest BCUT2D eigenvalue weighted by atomic mass is 10.0. The summed E-state index contributed by atoms with van der Waals surface area (Å²) in [6.45, 7) is 2.46. The second-order valence-corrected chi connectivity index (χ2v) is 5.38. The third-order valence-electron chi connectivity index (χ3n) is 3.37. The summed E-state index contributed by atoms with van der Waals surface area (Å²) < 4.78 is 0. The molecule has 2 rings (SSSR count). The van der Waals surface area contributed by atoms with Gasteiger partial charge < -0.3 is 11.1 Å². The van der Waals surface area contributed by atoms with Crippen LogP contribution in [-0.2, 0) is 6.42 Å². The molecule has 1 amide bonds. The van der Waals surface area contributed by atoms with Crippen molar-refractivity contribution in [3.63, 3.8) is 0 Å². The summed E-state index contributed by atoms with van der Waals surface area (Å²) in [5.74, 6) is -0.0912. The lowest BCUT2D eigenvalue weighted by molar-refractivity contribution is 0.0939. The van der Waals surface area contributed by atoms with E-state index < -0.39 is 0 Å². The first kappa shape index (κ1) is 15.5. The molecule has 0 bridgehead atoms. The summed E-state index contributed by atoms with van der Waals surface area (Å²) in [4.78, 5) is 12.4. The highest BCUT2D eigenvalue weighted by Gasteiger charge is 2.14. The van der Waals surface area contributed by atoms with Crippen LogP contribution < -0.4 is 11.1 Å². The van der Waals surface area contributed by atoms with Gasteiger partial charge in [-0.25, -0.2) is 0 Å². The van der Waals surface area contributed by atoms with Crippen LogP contribution in [0.25, 0.3) is 0 Å². The molecule has 0 aliphatic heterocycles. The van der Waals surface area contributed by atoms with Crippen LogP contribution in [0, 0.1) is 0 Å². The van der Waals surface area contributed by atoms with Gasteiger partial charge in [0.05, 0.1) is 6.04 Å². The third kappa shape index (κ3) is 4.06. The number of benzene rings is 2. The topological polar surface area (TPSA) is 55.1 Å². The summed E-state index contributed by atoms with van der Waals surface area (Å²) in [6, 6.07) is 14.9. The average Bonchev–Trinajstić information content (AvgIpc) is 2.48. The maximum absolute atomic E-state index is 12.4. The van der Waals surface area contributed by atoms with Gasteiger partial charge in [0, 0.05) is 10.6 Å². The zero-order valence-corrected chi connectivity index (χ0v) is 12.7. The van der Waals surface area contributed by atoms with Crippen LogP contribution in [-0.4, -0.2) is 12.5 Å². The van der Waals surface area contributed by atoms with Gasteiger partial charge in [-0.2, -0.15) is 0 Å². The number of hydrogen-bond donors (Lipinski definition) is 2. The molecule has 0 saturated carbocycles. The molecule has 0 spiro atoms. The molecule has 3 N–H and O–H groups in total. The fourth-order valence-corrected chi connectivity index (χ4v) is 2.45. The van der Waals surface area contributed by atoms with E-state index in [0.29, 0.717) is 23.6 Å². The Kier molecular flexibility index (Phi) is 5.37. The smallest absolute Gasteiger partial charge is 0.252 e. The molecule has 0 aliphatic carbocycles. The fourth-order valence-electron chi connectivity index (χ4n) is 2.25. The lowest BCUT2D eigenvalue weighted by Crippen LogP contribution is -2.27. The first-order valence-corrected chi connectivity index (χ1v) is 7.34.